The van der Waals surface area contributed by atoms with Gasteiger partial charge in [-0.05, 0) is 24.1 Å². The summed E-state index contributed by atoms with van der Waals surface area (Å²) in [4.78, 5) is 12.2. The van der Waals surface area contributed by atoms with E-state index in [4.69, 9.17) is 4.74 Å². The highest BCUT2D eigenvalue weighted by Gasteiger charge is 2.01. The Labute approximate surface area is 135 Å². The highest BCUT2D eigenvalue weighted by molar-refractivity contribution is 5.23. The second-order valence-corrected chi connectivity index (χ2v) is 5.59. The van der Waals surface area contributed by atoms with Gasteiger partial charge in [-0.15, -0.1) is 0 Å². The van der Waals surface area contributed by atoms with Gasteiger partial charge in [-0.25, -0.2) is 0 Å². The van der Waals surface area contributed by atoms with Gasteiger partial charge in [-0.1, -0.05) is 60.2 Å². The van der Waals surface area contributed by atoms with Crippen LogP contribution in [0.5, 0.6) is 5.75 Å². The Morgan fingerprint density at radius 1 is 0.913 bits per heavy atom. The van der Waals surface area contributed by atoms with E-state index in [1.807, 2.05) is 48.5 Å². The third-order valence-electron chi connectivity index (χ3n) is 3.69. The first-order valence-corrected chi connectivity index (χ1v) is 7.63. The Hall–Kier alpha value is -2.81. The zero-order valence-electron chi connectivity index (χ0n) is 13.1. The van der Waals surface area contributed by atoms with Crippen molar-refractivity contribution in [3.63, 3.8) is 0 Å². The lowest BCUT2D eigenvalue weighted by Crippen LogP contribution is -2.19. The fourth-order valence-corrected chi connectivity index (χ4v) is 2.34. The first-order valence-electron chi connectivity index (χ1n) is 7.63. The predicted octanol–water partition coefficient (Wildman–Crippen LogP) is 3.78. The molecule has 0 spiro atoms. The normalized spacial score (nSPS) is 10.5. The van der Waals surface area contributed by atoms with E-state index in [-0.39, 0.29) is 5.56 Å². The van der Waals surface area contributed by atoms with Crippen LogP contribution < -0.4 is 10.3 Å². The number of aromatic nitrogens is 1. The lowest BCUT2D eigenvalue weighted by atomic mass is 10.2. The molecule has 0 bridgehead atoms. The Kier molecular flexibility index (Phi) is 4.57. The summed E-state index contributed by atoms with van der Waals surface area (Å²) >= 11 is 0. The summed E-state index contributed by atoms with van der Waals surface area (Å²) < 4.78 is 7.38. The SMILES string of the molecule is Cc1ccc(COc2ccn(Cc3ccccc3)c(=O)c2)cc1. The molecule has 2 aromatic carbocycles. The molecule has 0 amide bonds. The van der Waals surface area contributed by atoms with Gasteiger partial charge in [0.25, 0.3) is 5.56 Å². The van der Waals surface area contributed by atoms with E-state index < -0.39 is 0 Å². The Bertz CT molecular complexity index is 820. The lowest BCUT2D eigenvalue weighted by molar-refractivity contribution is 0.305. The smallest absolute Gasteiger partial charge is 0.254 e. The summed E-state index contributed by atoms with van der Waals surface area (Å²) in [5.41, 5.74) is 3.35. The number of rotatable bonds is 5. The van der Waals surface area contributed by atoms with Crippen LogP contribution in [0.2, 0.25) is 0 Å². The minimum atomic E-state index is -0.0599. The van der Waals surface area contributed by atoms with Crippen molar-refractivity contribution in [3.8, 4) is 5.75 Å². The molecule has 3 aromatic rings. The van der Waals surface area contributed by atoms with Gasteiger partial charge in [-0.2, -0.15) is 0 Å². The van der Waals surface area contributed by atoms with E-state index >= 15 is 0 Å². The average Bonchev–Trinajstić information content (AvgIpc) is 2.57. The van der Waals surface area contributed by atoms with Gasteiger partial charge in [0.1, 0.15) is 12.4 Å². The van der Waals surface area contributed by atoms with E-state index in [9.17, 15) is 4.79 Å². The number of hydrogen-bond donors (Lipinski definition) is 0. The van der Waals surface area contributed by atoms with Crippen molar-refractivity contribution < 1.29 is 4.74 Å². The number of benzene rings is 2. The van der Waals surface area contributed by atoms with Crippen LogP contribution in [-0.2, 0) is 13.2 Å². The topological polar surface area (TPSA) is 31.2 Å². The summed E-state index contributed by atoms with van der Waals surface area (Å²) in [6.07, 6.45) is 1.78. The molecule has 0 fully saturated rings. The lowest BCUT2D eigenvalue weighted by Gasteiger charge is -2.09. The second kappa shape index (κ2) is 6.97. The van der Waals surface area contributed by atoms with Crippen LogP contribution in [0.3, 0.4) is 0 Å². The molecule has 0 aliphatic heterocycles. The minimum Gasteiger partial charge on any atom is -0.489 e. The predicted molar refractivity (Wildman–Crippen MR) is 91.8 cm³/mol. The average molecular weight is 305 g/mol. The highest BCUT2D eigenvalue weighted by Crippen LogP contribution is 2.11. The maximum Gasteiger partial charge on any atom is 0.254 e. The maximum atomic E-state index is 12.2. The van der Waals surface area contributed by atoms with E-state index in [2.05, 4.69) is 19.1 Å². The van der Waals surface area contributed by atoms with Crippen LogP contribution in [0.4, 0.5) is 0 Å². The Morgan fingerprint density at radius 3 is 2.35 bits per heavy atom. The summed E-state index contributed by atoms with van der Waals surface area (Å²) in [6.45, 7) is 3.08. The fourth-order valence-electron chi connectivity index (χ4n) is 2.34. The van der Waals surface area contributed by atoms with Gasteiger partial charge in [-0.3, -0.25) is 4.79 Å². The molecular formula is C20H19NO2. The van der Waals surface area contributed by atoms with Gasteiger partial charge < -0.3 is 9.30 Å². The minimum absolute atomic E-state index is 0.0599. The Balaban J connectivity index is 1.67. The van der Waals surface area contributed by atoms with E-state index in [1.54, 1.807) is 10.8 Å². The number of ether oxygens (including phenoxy) is 1. The highest BCUT2D eigenvalue weighted by atomic mass is 16.5. The largest absolute Gasteiger partial charge is 0.489 e. The molecule has 0 saturated heterocycles. The number of hydrogen-bond acceptors (Lipinski definition) is 2. The molecule has 0 aliphatic rings. The summed E-state index contributed by atoms with van der Waals surface area (Å²) in [5.74, 6) is 0.597. The third kappa shape index (κ3) is 4.10. The summed E-state index contributed by atoms with van der Waals surface area (Å²) in [7, 11) is 0. The quantitative estimate of drug-likeness (QED) is 0.718. The molecule has 1 aromatic heterocycles. The van der Waals surface area contributed by atoms with Crippen molar-refractivity contribution >= 4 is 0 Å². The fraction of sp³-hybridized carbons (Fsp3) is 0.150. The standard InChI is InChI=1S/C20H19NO2/c1-16-7-9-18(10-8-16)15-23-19-11-12-21(20(22)13-19)14-17-5-3-2-4-6-17/h2-13H,14-15H2,1H3. The summed E-state index contributed by atoms with van der Waals surface area (Å²) in [6, 6.07) is 21.5. The molecule has 0 N–H and O–H groups in total. The van der Waals surface area contributed by atoms with E-state index in [0.29, 0.717) is 18.9 Å². The van der Waals surface area contributed by atoms with Crippen molar-refractivity contribution in [3.05, 3.63) is 100.0 Å². The maximum absolute atomic E-state index is 12.2. The van der Waals surface area contributed by atoms with Gasteiger partial charge in [0.05, 0.1) is 6.54 Å². The number of nitrogens with zero attached hydrogens (tertiary/aromatic N) is 1. The molecule has 116 valence electrons. The first-order chi connectivity index (χ1) is 11.2. The molecule has 1 heterocycles. The van der Waals surface area contributed by atoms with Crippen LogP contribution in [-0.4, -0.2) is 4.57 Å². The van der Waals surface area contributed by atoms with Crippen molar-refractivity contribution in [1.82, 2.24) is 4.57 Å². The van der Waals surface area contributed by atoms with Crippen LogP contribution >= 0.6 is 0 Å². The Morgan fingerprint density at radius 2 is 1.65 bits per heavy atom. The number of aryl methyl sites for hydroxylation is 1. The molecule has 3 nitrogen and oxygen atoms in total. The van der Waals surface area contributed by atoms with Gasteiger partial charge in [0, 0.05) is 12.3 Å². The molecule has 23 heavy (non-hydrogen) atoms. The summed E-state index contributed by atoms with van der Waals surface area (Å²) in [5, 5.41) is 0. The molecule has 3 heteroatoms. The third-order valence-corrected chi connectivity index (χ3v) is 3.69. The number of pyridine rings is 1. The van der Waals surface area contributed by atoms with Crippen molar-refractivity contribution in [1.29, 1.82) is 0 Å². The molecule has 0 atom stereocenters. The first kappa shape index (κ1) is 15.1. The molecule has 0 aliphatic carbocycles. The van der Waals surface area contributed by atoms with Crippen LogP contribution in [0.15, 0.2) is 77.7 Å². The van der Waals surface area contributed by atoms with E-state index in [0.717, 1.165) is 11.1 Å². The molecular weight excluding hydrogens is 286 g/mol. The van der Waals surface area contributed by atoms with Crippen LogP contribution in [0, 0.1) is 6.92 Å². The zero-order chi connectivity index (χ0) is 16.1. The zero-order valence-corrected chi connectivity index (χ0v) is 13.1. The van der Waals surface area contributed by atoms with Crippen molar-refractivity contribution in [2.45, 2.75) is 20.1 Å². The molecule has 0 radical (unpaired) electrons. The molecule has 0 saturated carbocycles. The molecule has 0 unspecified atom stereocenters. The van der Waals surface area contributed by atoms with E-state index in [1.165, 1.54) is 11.6 Å². The van der Waals surface area contributed by atoms with Crippen molar-refractivity contribution in [2.75, 3.05) is 0 Å². The monoisotopic (exact) mass is 305 g/mol. The van der Waals surface area contributed by atoms with Crippen molar-refractivity contribution in [2.24, 2.45) is 0 Å². The van der Waals surface area contributed by atoms with Crippen LogP contribution in [0.25, 0.3) is 0 Å². The van der Waals surface area contributed by atoms with Gasteiger partial charge >= 0.3 is 0 Å². The van der Waals surface area contributed by atoms with Gasteiger partial charge in [0.2, 0.25) is 0 Å². The molecule has 3 rings (SSSR count). The van der Waals surface area contributed by atoms with Gasteiger partial charge in [0.15, 0.2) is 0 Å². The van der Waals surface area contributed by atoms with Crippen LogP contribution in [0.1, 0.15) is 16.7 Å². The second-order valence-electron chi connectivity index (χ2n) is 5.59.